The molecule has 0 saturated carbocycles. The van der Waals surface area contributed by atoms with Crippen LogP contribution in [-0.2, 0) is 25.9 Å². The van der Waals surface area contributed by atoms with Crippen molar-refractivity contribution in [1.82, 2.24) is 0 Å². The van der Waals surface area contributed by atoms with E-state index in [0.29, 0.717) is 11.1 Å². The second-order valence-corrected chi connectivity index (χ2v) is 7.58. The van der Waals surface area contributed by atoms with E-state index in [1.54, 1.807) is 24.3 Å². The van der Waals surface area contributed by atoms with E-state index in [0.717, 1.165) is 6.26 Å². The quantitative estimate of drug-likeness (QED) is 0.739. The first-order valence-corrected chi connectivity index (χ1v) is 9.33. The number of benzene rings is 2. The van der Waals surface area contributed by atoms with Gasteiger partial charge in [0.2, 0.25) is 0 Å². The van der Waals surface area contributed by atoms with Gasteiger partial charge in [-0.1, -0.05) is 23.7 Å². The molecule has 0 atom stereocenters. The molecule has 0 heterocycles. The van der Waals surface area contributed by atoms with Gasteiger partial charge in [-0.15, -0.1) is 0 Å². The van der Waals surface area contributed by atoms with Crippen LogP contribution in [0.3, 0.4) is 0 Å². The molecule has 0 fully saturated rings. The number of rotatable bonds is 5. The molecule has 6 nitrogen and oxygen atoms in total. The molecule has 0 radical (unpaired) electrons. The van der Waals surface area contributed by atoms with Gasteiger partial charge < -0.3 is 9.47 Å². The number of hydrogen-bond acceptors (Lipinski definition) is 6. The van der Waals surface area contributed by atoms with Gasteiger partial charge in [-0.05, 0) is 35.9 Å². The Morgan fingerprint density at radius 1 is 1.04 bits per heavy atom. The summed E-state index contributed by atoms with van der Waals surface area (Å²) in [5.74, 6) is -1.20. The Balaban J connectivity index is 2.15. The lowest BCUT2D eigenvalue weighted by Gasteiger charge is -2.08. The van der Waals surface area contributed by atoms with Crippen LogP contribution < -0.4 is 0 Å². The van der Waals surface area contributed by atoms with Crippen molar-refractivity contribution >= 4 is 33.4 Å². The van der Waals surface area contributed by atoms with Crippen LogP contribution in [0.4, 0.5) is 0 Å². The lowest BCUT2D eigenvalue weighted by atomic mass is 10.1. The number of esters is 2. The van der Waals surface area contributed by atoms with Crippen molar-refractivity contribution in [2.24, 2.45) is 0 Å². The molecular weight excluding hydrogens is 368 g/mol. The van der Waals surface area contributed by atoms with Crippen molar-refractivity contribution in [3.63, 3.8) is 0 Å². The maximum atomic E-state index is 12.1. The van der Waals surface area contributed by atoms with Crippen molar-refractivity contribution < 1.29 is 27.5 Å². The Hall–Kier alpha value is -2.38. The van der Waals surface area contributed by atoms with E-state index in [-0.39, 0.29) is 22.1 Å². The van der Waals surface area contributed by atoms with Crippen LogP contribution in [0, 0.1) is 0 Å². The smallest absolute Gasteiger partial charge is 0.338 e. The number of hydrogen-bond donors (Lipinski definition) is 0. The number of sulfone groups is 1. The molecule has 0 N–H and O–H groups in total. The lowest BCUT2D eigenvalue weighted by Crippen LogP contribution is -2.08. The Bertz CT molecular complexity index is 920. The molecule has 2 aromatic carbocycles. The van der Waals surface area contributed by atoms with Crippen molar-refractivity contribution in [1.29, 1.82) is 0 Å². The molecule has 132 valence electrons. The lowest BCUT2D eigenvalue weighted by molar-refractivity contribution is 0.0472. The summed E-state index contributed by atoms with van der Waals surface area (Å²) in [6.07, 6.45) is 1.00. The standard InChI is InChI=1S/C17H15ClO6S/c1-23-16(19)12-5-3-4-11(8-12)10-24-17(20)13-6-7-14(18)15(9-13)25(2,21)22/h3-9H,10H2,1-2H3. The van der Waals surface area contributed by atoms with Crippen LogP contribution in [0.15, 0.2) is 47.4 Å². The van der Waals surface area contributed by atoms with Crippen molar-refractivity contribution in [3.05, 3.63) is 64.2 Å². The Morgan fingerprint density at radius 2 is 1.72 bits per heavy atom. The minimum atomic E-state index is -3.57. The summed E-state index contributed by atoms with van der Waals surface area (Å²) in [4.78, 5) is 23.5. The van der Waals surface area contributed by atoms with E-state index < -0.39 is 21.8 Å². The second kappa shape index (κ2) is 7.67. The Kier molecular flexibility index (Phi) is 5.81. The molecule has 0 aliphatic heterocycles. The third-order valence-electron chi connectivity index (χ3n) is 3.28. The van der Waals surface area contributed by atoms with E-state index in [1.807, 2.05) is 0 Å². The van der Waals surface area contributed by atoms with Gasteiger partial charge in [0.25, 0.3) is 0 Å². The molecule has 0 bridgehead atoms. The Labute approximate surface area is 150 Å². The number of carbonyl (C=O) groups excluding carboxylic acids is 2. The van der Waals surface area contributed by atoms with Crippen LogP contribution in [0.1, 0.15) is 26.3 Å². The summed E-state index contributed by atoms with van der Waals surface area (Å²) in [6.45, 7) is -0.0828. The summed E-state index contributed by atoms with van der Waals surface area (Å²) in [6, 6.07) is 10.3. The van der Waals surface area contributed by atoms with Gasteiger partial charge in [0.05, 0.1) is 28.2 Å². The first kappa shape index (κ1) is 19.0. The molecule has 2 rings (SSSR count). The van der Waals surface area contributed by atoms with E-state index in [9.17, 15) is 18.0 Å². The fourth-order valence-electron chi connectivity index (χ4n) is 2.05. The maximum Gasteiger partial charge on any atom is 0.338 e. The molecule has 0 spiro atoms. The summed E-state index contributed by atoms with van der Waals surface area (Å²) in [5.41, 5.74) is 0.990. The zero-order chi connectivity index (χ0) is 18.6. The van der Waals surface area contributed by atoms with Crippen molar-refractivity contribution in [2.75, 3.05) is 13.4 Å². The van der Waals surface area contributed by atoms with Crippen LogP contribution in [-0.4, -0.2) is 33.7 Å². The number of methoxy groups -OCH3 is 1. The largest absolute Gasteiger partial charge is 0.465 e. The average molecular weight is 383 g/mol. The molecule has 8 heteroatoms. The Morgan fingerprint density at radius 3 is 2.36 bits per heavy atom. The molecule has 0 aliphatic rings. The van der Waals surface area contributed by atoms with E-state index in [2.05, 4.69) is 4.74 Å². The molecule has 0 unspecified atom stereocenters. The molecule has 0 amide bonds. The molecule has 2 aromatic rings. The minimum absolute atomic E-state index is 0.0322. The predicted molar refractivity (Wildman–Crippen MR) is 91.5 cm³/mol. The van der Waals surface area contributed by atoms with Gasteiger partial charge in [0, 0.05) is 6.26 Å². The molecule has 25 heavy (non-hydrogen) atoms. The highest BCUT2D eigenvalue weighted by Crippen LogP contribution is 2.23. The molecule has 0 aromatic heterocycles. The number of carbonyl (C=O) groups is 2. The molecule has 0 aliphatic carbocycles. The monoisotopic (exact) mass is 382 g/mol. The van der Waals surface area contributed by atoms with Crippen LogP contribution in [0.5, 0.6) is 0 Å². The number of ether oxygens (including phenoxy) is 2. The van der Waals surface area contributed by atoms with E-state index >= 15 is 0 Å². The summed E-state index contributed by atoms with van der Waals surface area (Å²) >= 11 is 5.84. The van der Waals surface area contributed by atoms with Gasteiger partial charge >= 0.3 is 11.9 Å². The fraction of sp³-hybridized carbons (Fsp3) is 0.176. The first-order valence-electron chi connectivity index (χ1n) is 7.06. The number of halogens is 1. The third kappa shape index (κ3) is 4.80. The SMILES string of the molecule is COC(=O)c1cccc(COC(=O)c2ccc(Cl)c(S(C)(=O)=O)c2)c1. The predicted octanol–water partition coefficient (Wildman–Crippen LogP) is 2.89. The van der Waals surface area contributed by atoms with E-state index in [1.165, 1.54) is 25.3 Å². The van der Waals surface area contributed by atoms with Gasteiger partial charge in [-0.3, -0.25) is 0 Å². The van der Waals surface area contributed by atoms with Crippen LogP contribution in [0.25, 0.3) is 0 Å². The minimum Gasteiger partial charge on any atom is -0.465 e. The summed E-state index contributed by atoms with van der Waals surface area (Å²) in [5, 5.41) is 0.0322. The highest BCUT2D eigenvalue weighted by Gasteiger charge is 2.17. The van der Waals surface area contributed by atoms with Gasteiger partial charge in [0.15, 0.2) is 9.84 Å². The summed E-state index contributed by atoms with van der Waals surface area (Å²) < 4.78 is 33.1. The third-order valence-corrected chi connectivity index (χ3v) is 4.86. The van der Waals surface area contributed by atoms with Crippen molar-refractivity contribution in [3.8, 4) is 0 Å². The van der Waals surface area contributed by atoms with Crippen LogP contribution in [0.2, 0.25) is 5.02 Å². The molecular formula is C17H15ClO6S. The van der Waals surface area contributed by atoms with Gasteiger partial charge in [-0.25, -0.2) is 18.0 Å². The van der Waals surface area contributed by atoms with Gasteiger partial charge in [0.1, 0.15) is 6.61 Å². The topological polar surface area (TPSA) is 86.7 Å². The highest BCUT2D eigenvalue weighted by atomic mass is 35.5. The van der Waals surface area contributed by atoms with Crippen molar-refractivity contribution in [2.45, 2.75) is 11.5 Å². The zero-order valence-corrected chi connectivity index (χ0v) is 15.1. The fourth-order valence-corrected chi connectivity index (χ4v) is 3.35. The molecule has 0 saturated heterocycles. The zero-order valence-electron chi connectivity index (χ0n) is 13.5. The first-order chi connectivity index (χ1) is 11.7. The van der Waals surface area contributed by atoms with Gasteiger partial charge in [-0.2, -0.15) is 0 Å². The summed E-state index contributed by atoms with van der Waals surface area (Å²) in [7, 11) is -2.29. The normalized spacial score (nSPS) is 11.0. The average Bonchev–Trinajstić information content (AvgIpc) is 2.58. The van der Waals surface area contributed by atoms with E-state index in [4.69, 9.17) is 16.3 Å². The second-order valence-electron chi connectivity index (χ2n) is 5.19. The van der Waals surface area contributed by atoms with Crippen LogP contribution >= 0.6 is 11.6 Å². The maximum absolute atomic E-state index is 12.1. The highest BCUT2D eigenvalue weighted by molar-refractivity contribution is 7.90.